The topological polar surface area (TPSA) is 237 Å². The smallest absolute Gasteiger partial charge is 0.462 e. The quantitative estimate of drug-likeness (QED) is 0.0222. The van der Waals surface area contributed by atoms with Crippen molar-refractivity contribution in [2.45, 2.75) is 503 Å². The highest BCUT2D eigenvalue weighted by Gasteiger charge is 2.31. The Kier molecular flexibility index (Phi) is 79.4. The molecule has 8 atom stereocenters. The van der Waals surface area contributed by atoms with Gasteiger partial charge < -0.3 is 33.8 Å². The summed E-state index contributed by atoms with van der Waals surface area (Å²) in [5, 5.41) is 10.7. The zero-order chi connectivity index (χ0) is 80.8. The van der Waals surface area contributed by atoms with Crippen molar-refractivity contribution in [1.29, 1.82) is 0 Å². The van der Waals surface area contributed by atoms with Crippen LogP contribution in [-0.4, -0.2) is 96.7 Å². The molecule has 0 aromatic rings. The van der Waals surface area contributed by atoms with Gasteiger partial charge in [0.05, 0.1) is 26.4 Å². The summed E-state index contributed by atoms with van der Waals surface area (Å²) in [6.07, 6.45) is 73.6. The van der Waals surface area contributed by atoms with Crippen molar-refractivity contribution in [1.82, 2.24) is 0 Å². The Morgan fingerprint density at radius 1 is 0.255 bits per heavy atom. The molecule has 17 nitrogen and oxygen atoms in total. The van der Waals surface area contributed by atoms with Crippen LogP contribution < -0.4 is 0 Å². The number of unbranched alkanes of at least 4 members (excludes halogenated alkanes) is 54. The van der Waals surface area contributed by atoms with Crippen LogP contribution in [0.4, 0.5) is 0 Å². The van der Waals surface area contributed by atoms with Gasteiger partial charge in [-0.3, -0.25) is 37.3 Å². The summed E-state index contributed by atoms with van der Waals surface area (Å²) in [4.78, 5) is 73.4. The molecule has 0 amide bonds. The zero-order valence-electron chi connectivity index (χ0n) is 72.7. The standard InChI is InChI=1S/C91H178O17P2/c1-8-12-13-14-15-16-17-18-19-20-21-22-23-24-28-31-34-37-43-51-58-65-72-88(93)101-78-86(107-90(95)74-67-60-53-44-38-35-32-29-26-25-27-30-33-36-41-48-55-62-69-82(5)9-2)80-105-109(97,98)103-76-85(92)77-104-110(99,100)106-81-87(79-102-89(94)73-66-59-52-47-46-50-57-64-71-84(7)11-4)108-91(96)75-68-61-54-45-40-39-42-49-56-63-70-83(6)10-3/h82-87,92H,8-81H2,1-7H3,(H,97,98)(H,99,100)/t82?,83?,84?,85-,86-,87-/m1/s1. The average Bonchev–Trinajstić information content (AvgIpc) is 0.900. The van der Waals surface area contributed by atoms with Gasteiger partial charge in [-0.2, -0.15) is 0 Å². The second kappa shape index (κ2) is 80.8. The lowest BCUT2D eigenvalue weighted by atomic mass is 9.99. The lowest BCUT2D eigenvalue weighted by Crippen LogP contribution is -2.30. The van der Waals surface area contributed by atoms with Gasteiger partial charge in [0.2, 0.25) is 0 Å². The number of aliphatic hydroxyl groups is 1. The second-order valence-corrected chi connectivity index (χ2v) is 36.3. The van der Waals surface area contributed by atoms with E-state index < -0.39 is 97.5 Å². The number of hydrogen-bond acceptors (Lipinski definition) is 15. The van der Waals surface area contributed by atoms with Gasteiger partial charge in [-0.1, -0.05) is 434 Å². The van der Waals surface area contributed by atoms with E-state index in [2.05, 4.69) is 48.5 Å². The fourth-order valence-corrected chi connectivity index (χ4v) is 15.7. The molecule has 0 bridgehead atoms. The van der Waals surface area contributed by atoms with Crippen molar-refractivity contribution in [2.24, 2.45) is 17.8 Å². The molecule has 19 heteroatoms. The lowest BCUT2D eigenvalue weighted by molar-refractivity contribution is -0.161. The summed E-state index contributed by atoms with van der Waals surface area (Å²) in [6.45, 7) is 12.1. The van der Waals surface area contributed by atoms with Crippen LogP contribution in [0.5, 0.6) is 0 Å². The third kappa shape index (κ3) is 79.9. The lowest BCUT2D eigenvalue weighted by Gasteiger charge is -2.21. The molecule has 0 saturated carbocycles. The van der Waals surface area contributed by atoms with Crippen LogP contribution in [0.15, 0.2) is 0 Å². The van der Waals surface area contributed by atoms with Crippen LogP contribution in [0.25, 0.3) is 0 Å². The highest BCUT2D eigenvalue weighted by atomic mass is 31.2. The number of carbonyl (C=O) groups is 4. The van der Waals surface area contributed by atoms with Crippen molar-refractivity contribution >= 4 is 39.5 Å². The summed E-state index contributed by atoms with van der Waals surface area (Å²) in [7, 11) is -9.94. The Morgan fingerprint density at radius 3 is 0.645 bits per heavy atom. The van der Waals surface area contributed by atoms with Gasteiger partial charge in [-0.05, 0) is 43.4 Å². The minimum Gasteiger partial charge on any atom is -0.462 e. The highest BCUT2D eigenvalue weighted by molar-refractivity contribution is 7.47. The SMILES string of the molecule is CCCCCCCCCCCCCCCCCCCCCCCCC(=O)OC[C@H](COP(=O)(O)OC[C@@H](O)COP(=O)(O)OC[C@@H](COC(=O)CCCCCCCCCCC(C)CC)OC(=O)CCCCCCCCCCCCC(C)CC)OC(=O)CCCCCCCCCCCCCCCCCCCCC(C)CC. The maximum absolute atomic E-state index is 13.2. The van der Waals surface area contributed by atoms with Gasteiger partial charge in [0, 0.05) is 25.7 Å². The van der Waals surface area contributed by atoms with E-state index in [-0.39, 0.29) is 25.7 Å². The Balaban J connectivity index is 5.23. The summed E-state index contributed by atoms with van der Waals surface area (Å²) < 4.78 is 69.0. The molecule has 0 heterocycles. The molecular formula is C91H178O17P2. The number of hydrogen-bond donors (Lipinski definition) is 3. The van der Waals surface area contributed by atoms with E-state index in [9.17, 15) is 43.2 Å². The van der Waals surface area contributed by atoms with Crippen molar-refractivity contribution in [3.05, 3.63) is 0 Å². The number of phosphoric ester groups is 2. The van der Waals surface area contributed by atoms with E-state index in [0.717, 1.165) is 108 Å². The molecule has 0 saturated heterocycles. The van der Waals surface area contributed by atoms with E-state index in [4.69, 9.17) is 37.0 Å². The van der Waals surface area contributed by atoms with Crippen molar-refractivity contribution < 1.29 is 80.2 Å². The summed E-state index contributed by atoms with van der Waals surface area (Å²) in [5.41, 5.74) is 0. The van der Waals surface area contributed by atoms with E-state index in [1.54, 1.807) is 0 Å². The van der Waals surface area contributed by atoms with Gasteiger partial charge in [0.25, 0.3) is 0 Å². The van der Waals surface area contributed by atoms with Gasteiger partial charge in [0.15, 0.2) is 12.2 Å². The molecule has 0 aromatic carbocycles. The molecule has 0 aliphatic heterocycles. The third-order valence-corrected chi connectivity index (χ3v) is 24.4. The minimum absolute atomic E-state index is 0.106. The zero-order valence-corrected chi connectivity index (χ0v) is 74.5. The minimum atomic E-state index is -4.97. The average molecular weight is 1610 g/mol. The van der Waals surface area contributed by atoms with Gasteiger partial charge in [-0.25, -0.2) is 9.13 Å². The molecule has 0 spiro atoms. The molecule has 3 N–H and O–H groups in total. The maximum Gasteiger partial charge on any atom is 0.472 e. The molecule has 654 valence electrons. The van der Waals surface area contributed by atoms with E-state index >= 15 is 0 Å². The predicted octanol–water partition coefficient (Wildman–Crippen LogP) is 28.0. The molecule has 0 aliphatic carbocycles. The molecule has 0 aliphatic rings. The number of aliphatic hydroxyl groups excluding tert-OH is 1. The normalized spacial score (nSPS) is 14.5. The van der Waals surface area contributed by atoms with E-state index in [1.807, 2.05) is 0 Å². The number of phosphoric acid groups is 2. The van der Waals surface area contributed by atoms with Gasteiger partial charge in [0.1, 0.15) is 19.3 Å². The van der Waals surface area contributed by atoms with Crippen LogP contribution in [0.3, 0.4) is 0 Å². The summed E-state index contributed by atoms with van der Waals surface area (Å²) in [6, 6.07) is 0. The van der Waals surface area contributed by atoms with Crippen molar-refractivity contribution in [3.8, 4) is 0 Å². The maximum atomic E-state index is 13.2. The van der Waals surface area contributed by atoms with Crippen LogP contribution in [0.2, 0.25) is 0 Å². The summed E-state index contributed by atoms with van der Waals surface area (Å²) in [5.74, 6) is 0.350. The van der Waals surface area contributed by atoms with Crippen LogP contribution in [-0.2, 0) is 65.4 Å². The van der Waals surface area contributed by atoms with E-state index in [1.165, 1.54) is 295 Å². The molecule has 0 rings (SSSR count). The molecule has 5 unspecified atom stereocenters. The van der Waals surface area contributed by atoms with Crippen LogP contribution in [0.1, 0.15) is 485 Å². The van der Waals surface area contributed by atoms with Crippen molar-refractivity contribution in [2.75, 3.05) is 39.6 Å². The first kappa shape index (κ1) is 108. The Labute approximate surface area is 677 Å². The Bertz CT molecular complexity index is 2120. The second-order valence-electron chi connectivity index (χ2n) is 33.4. The molecule has 110 heavy (non-hydrogen) atoms. The van der Waals surface area contributed by atoms with Gasteiger partial charge in [-0.15, -0.1) is 0 Å². The first-order chi connectivity index (χ1) is 53.3. The highest BCUT2D eigenvalue weighted by Crippen LogP contribution is 2.45. The number of ether oxygens (including phenoxy) is 4. The van der Waals surface area contributed by atoms with Crippen LogP contribution in [0, 0.1) is 17.8 Å². The number of rotatable bonds is 89. The molecule has 0 radical (unpaired) electrons. The molecule has 0 aromatic heterocycles. The monoisotopic (exact) mass is 1610 g/mol. The largest absolute Gasteiger partial charge is 0.472 e. The third-order valence-electron chi connectivity index (χ3n) is 22.5. The fourth-order valence-electron chi connectivity index (χ4n) is 14.2. The van der Waals surface area contributed by atoms with Crippen molar-refractivity contribution in [3.63, 3.8) is 0 Å². The van der Waals surface area contributed by atoms with Gasteiger partial charge >= 0.3 is 39.5 Å². The van der Waals surface area contributed by atoms with Crippen LogP contribution >= 0.6 is 15.6 Å². The number of esters is 4. The first-order valence-corrected chi connectivity index (χ1v) is 50.0. The molecular weight excluding hydrogens is 1430 g/mol. The fraction of sp³-hybridized carbons (Fsp3) is 0.956. The number of carbonyl (C=O) groups excluding carboxylic acids is 4. The Hall–Kier alpha value is -1.94. The first-order valence-electron chi connectivity index (χ1n) is 47.0. The molecule has 0 fully saturated rings. The predicted molar refractivity (Wildman–Crippen MR) is 455 cm³/mol. The summed E-state index contributed by atoms with van der Waals surface area (Å²) >= 11 is 0. The Morgan fingerprint density at radius 2 is 0.436 bits per heavy atom. The van der Waals surface area contributed by atoms with E-state index in [0.29, 0.717) is 25.7 Å².